The quantitative estimate of drug-likeness (QED) is 0.190. The summed E-state index contributed by atoms with van der Waals surface area (Å²) in [5.41, 5.74) is 6.09. The number of aliphatic carboxylic acids is 1. The molecule has 4 rings (SSSR count). The molecule has 2 aromatic carbocycles. The fraction of sp³-hybridized carbons (Fsp3) is 0.167. The summed E-state index contributed by atoms with van der Waals surface area (Å²) in [6, 6.07) is 7.54. The Morgan fingerprint density at radius 2 is 1.66 bits per heavy atom. The highest BCUT2D eigenvalue weighted by atomic mass is 35.5. The van der Waals surface area contributed by atoms with E-state index in [-0.39, 0.29) is 42.3 Å². The monoisotopic (exact) mass is 612 g/mol. The Bertz CT molecular complexity index is 1580. The second-order valence-corrected chi connectivity index (χ2v) is 8.76. The van der Waals surface area contributed by atoms with Crippen molar-refractivity contribution in [2.75, 3.05) is 16.0 Å². The second-order valence-electron chi connectivity index (χ2n) is 8.36. The van der Waals surface area contributed by atoms with E-state index in [1.54, 1.807) is 28.8 Å². The van der Waals surface area contributed by atoms with Crippen LogP contribution in [0.2, 0.25) is 5.02 Å². The molecule has 4 aromatic rings. The summed E-state index contributed by atoms with van der Waals surface area (Å²) in [6.45, 7) is 0. The van der Waals surface area contributed by atoms with Gasteiger partial charge in [-0.15, -0.1) is 12.4 Å². The topological polar surface area (TPSA) is 177 Å². The molecule has 0 spiro atoms. The van der Waals surface area contributed by atoms with E-state index < -0.39 is 40.7 Å². The zero-order chi connectivity index (χ0) is 29.0. The molecule has 2 aromatic heterocycles. The van der Waals surface area contributed by atoms with Gasteiger partial charge in [0.1, 0.15) is 12.7 Å². The zero-order valence-corrected chi connectivity index (χ0v) is 22.2. The molecule has 6 N–H and O–H groups in total. The number of anilines is 3. The Balaban J connectivity index is 0.00000462. The first-order chi connectivity index (χ1) is 18.9. The predicted molar refractivity (Wildman–Crippen MR) is 146 cm³/mol. The van der Waals surface area contributed by atoms with Crippen molar-refractivity contribution < 1.29 is 32.7 Å². The van der Waals surface area contributed by atoms with Gasteiger partial charge in [0.05, 0.1) is 16.6 Å². The lowest BCUT2D eigenvalue weighted by Crippen LogP contribution is -2.36. The molecule has 0 bridgehead atoms. The zero-order valence-electron chi connectivity index (χ0n) is 20.6. The number of amides is 3. The number of aromatic nitrogens is 4. The molecule has 1 unspecified atom stereocenters. The minimum absolute atomic E-state index is 0. The minimum Gasteiger partial charge on any atom is -0.481 e. The number of carbonyl (C=O) groups is 3. The van der Waals surface area contributed by atoms with Crippen molar-refractivity contribution in [1.82, 2.24) is 19.5 Å². The van der Waals surface area contributed by atoms with Gasteiger partial charge in [0.25, 0.3) is 0 Å². The summed E-state index contributed by atoms with van der Waals surface area (Å²) in [5.74, 6) is -1.61. The molecule has 0 saturated carbocycles. The van der Waals surface area contributed by atoms with Crippen molar-refractivity contribution >= 4 is 70.3 Å². The van der Waals surface area contributed by atoms with Crippen LogP contribution in [-0.2, 0) is 15.8 Å². The number of hydrogen-bond acceptors (Lipinski definition) is 7. The van der Waals surface area contributed by atoms with Crippen molar-refractivity contribution in [2.45, 2.75) is 25.1 Å². The fourth-order valence-corrected chi connectivity index (χ4v) is 3.78. The normalized spacial score (nSPS) is 11.8. The van der Waals surface area contributed by atoms with Crippen molar-refractivity contribution in [2.24, 2.45) is 5.73 Å². The smallest absolute Gasteiger partial charge is 0.417 e. The van der Waals surface area contributed by atoms with Gasteiger partial charge in [-0.2, -0.15) is 13.2 Å². The van der Waals surface area contributed by atoms with Gasteiger partial charge in [-0.3, -0.25) is 14.2 Å². The van der Waals surface area contributed by atoms with E-state index in [1.807, 2.05) is 0 Å². The molecule has 12 nitrogen and oxygen atoms in total. The highest BCUT2D eigenvalue weighted by molar-refractivity contribution is 6.31. The summed E-state index contributed by atoms with van der Waals surface area (Å²) in [4.78, 5) is 47.8. The van der Waals surface area contributed by atoms with Crippen LogP contribution in [0.25, 0.3) is 16.9 Å². The van der Waals surface area contributed by atoms with E-state index in [0.717, 1.165) is 12.1 Å². The van der Waals surface area contributed by atoms with Gasteiger partial charge in [-0.05, 0) is 48.9 Å². The average molecular weight is 613 g/mol. The van der Waals surface area contributed by atoms with E-state index >= 15 is 0 Å². The van der Waals surface area contributed by atoms with Gasteiger partial charge < -0.3 is 26.8 Å². The molecule has 3 amide bonds. The van der Waals surface area contributed by atoms with Crippen LogP contribution in [-0.4, -0.2) is 48.6 Å². The van der Waals surface area contributed by atoms with Crippen molar-refractivity contribution in [3.05, 3.63) is 65.7 Å². The van der Waals surface area contributed by atoms with E-state index in [2.05, 4.69) is 30.9 Å². The molecular weight excluding hydrogens is 592 g/mol. The van der Waals surface area contributed by atoms with Gasteiger partial charge in [0, 0.05) is 23.5 Å². The number of carbonyl (C=O) groups excluding carboxylic acids is 2. The molecule has 0 radical (unpaired) electrons. The molecule has 0 aliphatic carbocycles. The van der Waals surface area contributed by atoms with Gasteiger partial charge in [0.15, 0.2) is 17.0 Å². The van der Waals surface area contributed by atoms with E-state index in [4.69, 9.17) is 22.4 Å². The first-order valence-electron chi connectivity index (χ1n) is 11.4. The molecule has 0 aliphatic rings. The number of rotatable bonds is 8. The standard InChI is InChI=1S/C24H20ClF3N8O4.ClH/c25-16-6-3-13(9-15(16)24(26,27)28)34-23(40)33-12-1-4-14(5-2-12)36-11-32-19-20(30-10-31-21(19)36)35-22(39)17(29)7-8-18(37)38;/h1-6,9-11,17H,7-8,29H2,(H,37,38)(H2,33,34,40)(H,30,31,35,39);1H. The van der Waals surface area contributed by atoms with Crippen molar-refractivity contribution in [3.8, 4) is 5.69 Å². The van der Waals surface area contributed by atoms with Crippen LogP contribution in [0.3, 0.4) is 0 Å². The number of alkyl halides is 3. The van der Waals surface area contributed by atoms with Gasteiger partial charge in [-0.25, -0.2) is 19.7 Å². The molecule has 17 heteroatoms. The van der Waals surface area contributed by atoms with Gasteiger partial charge >= 0.3 is 18.2 Å². The molecule has 216 valence electrons. The summed E-state index contributed by atoms with van der Waals surface area (Å²) >= 11 is 5.60. The highest BCUT2D eigenvalue weighted by Crippen LogP contribution is 2.36. The maximum Gasteiger partial charge on any atom is 0.417 e. The average Bonchev–Trinajstić information content (AvgIpc) is 3.33. The third-order valence-electron chi connectivity index (χ3n) is 5.51. The van der Waals surface area contributed by atoms with Crippen LogP contribution in [0.15, 0.2) is 55.1 Å². The number of carboxylic acid groups (broad SMARTS) is 1. The largest absolute Gasteiger partial charge is 0.481 e. The molecule has 1 atom stereocenters. The van der Waals surface area contributed by atoms with Gasteiger partial charge in [0.2, 0.25) is 5.91 Å². The van der Waals surface area contributed by atoms with Crippen molar-refractivity contribution in [1.29, 1.82) is 0 Å². The Morgan fingerprint density at radius 3 is 2.32 bits per heavy atom. The summed E-state index contributed by atoms with van der Waals surface area (Å²) in [7, 11) is 0. The lowest BCUT2D eigenvalue weighted by molar-refractivity contribution is -0.138. The molecule has 0 fully saturated rings. The summed E-state index contributed by atoms with van der Waals surface area (Å²) < 4.78 is 40.8. The number of nitrogens with one attached hydrogen (secondary N) is 3. The van der Waals surface area contributed by atoms with E-state index in [0.29, 0.717) is 17.0 Å². The SMILES string of the molecule is Cl.NC(CCC(=O)O)C(=O)Nc1ncnc2c1ncn2-c1ccc(NC(=O)Nc2ccc(Cl)c(C(F)(F)F)c2)cc1. The first kappa shape index (κ1) is 31.1. The van der Waals surface area contributed by atoms with Crippen LogP contribution >= 0.6 is 24.0 Å². The maximum atomic E-state index is 13.1. The number of benzene rings is 2. The number of halogens is 5. The number of nitrogens with zero attached hydrogens (tertiary/aromatic N) is 4. The maximum absolute atomic E-state index is 13.1. The second kappa shape index (κ2) is 12.8. The first-order valence-corrected chi connectivity index (χ1v) is 11.8. The molecule has 0 saturated heterocycles. The number of fused-ring (bicyclic) bond motifs is 1. The minimum atomic E-state index is -4.68. The van der Waals surface area contributed by atoms with Crippen LogP contribution in [0.5, 0.6) is 0 Å². The third-order valence-corrected chi connectivity index (χ3v) is 5.84. The van der Waals surface area contributed by atoms with Crippen LogP contribution in [0.1, 0.15) is 18.4 Å². The van der Waals surface area contributed by atoms with E-state index in [9.17, 15) is 27.6 Å². The number of imidazole rings is 1. The fourth-order valence-electron chi connectivity index (χ4n) is 3.55. The lowest BCUT2D eigenvalue weighted by atomic mass is 10.1. The predicted octanol–water partition coefficient (Wildman–Crippen LogP) is 4.68. The van der Waals surface area contributed by atoms with Crippen LogP contribution < -0.4 is 21.7 Å². The number of hydrogen-bond donors (Lipinski definition) is 5. The van der Waals surface area contributed by atoms with Crippen LogP contribution in [0.4, 0.5) is 35.2 Å². The summed E-state index contributed by atoms with van der Waals surface area (Å²) in [5, 5.41) is 15.7. The highest BCUT2D eigenvalue weighted by Gasteiger charge is 2.33. The lowest BCUT2D eigenvalue weighted by Gasteiger charge is -2.12. The van der Waals surface area contributed by atoms with E-state index in [1.165, 1.54) is 18.7 Å². The number of nitrogens with two attached hydrogens (primary N) is 1. The number of urea groups is 1. The molecular formula is C24H21Cl2F3N8O4. The Hall–Kier alpha value is -4.47. The Kier molecular flexibility index (Phi) is 9.70. The molecule has 2 heterocycles. The third kappa shape index (κ3) is 7.59. The van der Waals surface area contributed by atoms with Crippen LogP contribution in [0, 0.1) is 0 Å². The Morgan fingerprint density at radius 1 is 1.00 bits per heavy atom. The summed E-state index contributed by atoms with van der Waals surface area (Å²) in [6.07, 6.45) is -2.36. The molecule has 0 aliphatic heterocycles. The van der Waals surface area contributed by atoms with Gasteiger partial charge in [-0.1, -0.05) is 11.6 Å². The Labute approximate surface area is 240 Å². The van der Waals surface area contributed by atoms with Crippen molar-refractivity contribution in [3.63, 3.8) is 0 Å². The molecule has 41 heavy (non-hydrogen) atoms. The number of carboxylic acids is 1.